The van der Waals surface area contributed by atoms with Crippen LogP contribution in [0.5, 0.6) is 0 Å². The number of morpholine rings is 1. The number of carboxylic acid groups (broad SMARTS) is 1. The second-order valence-electron chi connectivity index (χ2n) is 8.81. The van der Waals surface area contributed by atoms with Crippen LogP contribution in [0.15, 0.2) is 59.1 Å². The number of rotatable bonds is 7. The molecule has 2 aliphatic heterocycles. The minimum Gasteiger partial charge on any atom is -0.478 e. The molecule has 9 heteroatoms. The smallest absolute Gasteiger partial charge is 0.335 e. The van der Waals surface area contributed by atoms with Gasteiger partial charge in [-0.15, -0.1) is 0 Å². The Bertz CT molecular complexity index is 1210. The number of aromatic nitrogens is 1. The molecule has 1 aromatic carbocycles. The van der Waals surface area contributed by atoms with E-state index < -0.39 is 5.97 Å². The van der Waals surface area contributed by atoms with Gasteiger partial charge in [0.05, 0.1) is 30.5 Å². The second-order valence-corrected chi connectivity index (χ2v) is 9.20. The fourth-order valence-electron chi connectivity index (χ4n) is 4.76. The van der Waals surface area contributed by atoms with Gasteiger partial charge in [-0.3, -0.25) is 9.88 Å². The number of furan rings is 1. The zero-order valence-electron chi connectivity index (χ0n) is 19.5. The van der Waals surface area contributed by atoms with Crippen molar-refractivity contribution < 1.29 is 19.1 Å². The summed E-state index contributed by atoms with van der Waals surface area (Å²) < 4.78 is 11.9. The topological polar surface area (TPSA) is 91.1 Å². The number of carbonyl (C=O) groups is 1. The average molecular weight is 493 g/mol. The first-order valence-electron chi connectivity index (χ1n) is 11.7. The molecule has 0 amide bonds. The van der Waals surface area contributed by atoms with Gasteiger partial charge in [-0.25, -0.2) is 4.79 Å². The van der Waals surface area contributed by atoms with Crippen molar-refractivity contribution in [3.05, 3.63) is 77.3 Å². The molecule has 2 fully saturated rings. The van der Waals surface area contributed by atoms with E-state index in [1.54, 1.807) is 24.4 Å². The van der Waals surface area contributed by atoms with Gasteiger partial charge in [-0.1, -0.05) is 12.1 Å². The van der Waals surface area contributed by atoms with Gasteiger partial charge in [0.15, 0.2) is 5.11 Å². The summed E-state index contributed by atoms with van der Waals surface area (Å²) in [6.45, 7) is 6.86. The summed E-state index contributed by atoms with van der Waals surface area (Å²) in [5.74, 6) is 0.534. The largest absolute Gasteiger partial charge is 0.478 e. The molecule has 3 aromatic rings. The van der Waals surface area contributed by atoms with E-state index in [0.29, 0.717) is 10.9 Å². The fourth-order valence-corrected chi connectivity index (χ4v) is 5.09. The van der Waals surface area contributed by atoms with E-state index in [9.17, 15) is 9.90 Å². The highest BCUT2D eigenvalue weighted by molar-refractivity contribution is 7.80. The molecule has 0 radical (unpaired) electrons. The maximum atomic E-state index is 11.3. The summed E-state index contributed by atoms with van der Waals surface area (Å²) in [4.78, 5) is 20.5. The zero-order valence-corrected chi connectivity index (χ0v) is 20.3. The second kappa shape index (κ2) is 10.2. The molecule has 2 saturated heterocycles. The Morgan fingerprint density at radius 3 is 2.71 bits per heavy atom. The molecule has 4 heterocycles. The van der Waals surface area contributed by atoms with E-state index in [0.717, 1.165) is 62.0 Å². The van der Waals surface area contributed by atoms with Crippen molar-refractivity contribution in [3.8, 4) is 11.3 Å². The highest BCUT2D eigenvalue weighted by Gasteiger charge is 2.41. The van der Waals surface area contributed by atoms with E-state index in [2.05, 4.69) is 20.1 Å². The molecule has 0 bridgehead atoms. The van der Waals surface area contributed by atoms with Crippen LogP contribution in [0.4, 0.5) is 0 Å². The summed E-state index contributed by atoms with van der Waals surface area (Å²) >= 11 is 5.77. The Hall–Kier alpha value is -3.27. The Balaban J connectivity index is 1.45. The Labute approximate surface area is 209 Å². The summed E-state index contributed by atoms with van der Waals surface area (Å²) in [5.41, 5.74) is 2.86. The Morgan fingerprint density at radius 2 is 2.00 bits per heavy atom. The molecular weight excluding hydrogens is 464 g/mol. The van der Waals surface area contributed by atoms with E-state index >= 15 is 0 Å². The molecule has 182 valence electrons. The minimum atomic E-state index is -0.945. The number of carboxylic acids is 1. The van der Waals surface area contributed by atoms with Crippen molar-refractivity contribution in [1.82, 2.24) is 20.1 Å². The van der Waals surface area contributed by atoms with Crippen LogP contribution < -0.4 is 5.32 Å². The molecule has 35 heavy (non-hydrogen) atoms. The molecule has 0 spiro atoms. The van der Waals surface area contributed by atoms with E-state index in [-0.39, 0.29) is 17.6 Å². The van der Waals surface area contributed by atoms with Gasteiger partial charge < -0.3 is 24.5 Å². The van der Waals surface area contributed by atoms with Crippen LogP contribution in [-0.4, -0.2) is 70.4 Å². The van der Waals surface area contributed by atoms with Gasteiger partial charge in [-0.2, -0.15) is 0 Å². The van der Waals surface area contributed by atoms with Gasteiger partial charge in [0.25, 0.3) is 0 Å². The van der Waals surface area contributed by atoms with Crippen LogP contribution in [0, 0.1) is 6.92 Å². The maximum Gasteiger partial charge on any atom is 0.335 e. The standard InChI is InChI=1S/C26H28N4O4S/c1-17-16-18(25(31)32)5-6-19(17)21-7-8-22(34-21)24-23(20-4-2-3-9-27-20)28-26(35)30(24)11-10-29-12-14-33-15-13-29/h2-9,16,23-24H,10-15H2,1H3,(H,28,35)(H,31,32)/t23-,24-/m0/s1. The van der Waals surface area contributed by atoms with Crippen LogP contribution in [0.2, 0.25) is 0 Å². The summed E-state index contributed by atoms with van der Waals surface area (Å²) in [6, 6.07) is 14.5. The summed E-state index contributed by atoms with van der Waals surface area (Å²) in [6.07, 6.45) is 1.79. The third kappa shape index (κ3) is 4.93. The normalized spacial score (nSPS) is 20.7. The average Bonchev–Trinajstić information content (AvgIpc) is 3.48. The molecule has 0 unspecified atom stereocenters. The highest BCUT2D eigenvalue weighted by atomic mass is 32.1. The molecule has 0 saturated carbocycles. The lowest BCUT2D eigenvalue weighted by Gasteiger charge is -2.31. The lowest BCUT2D eigenvalue weighted by Crippen LogP contribution is -2.42. The first-order valence-corrected chi connectivity index (χ1v) is 12.1. The highest BCUT2D eigenvalue weighted by Crippen LogP contribution is 2.40. The van der Waals surface area contributed by atoms with E-state index in [1.807, 2.05) is 37.3 Å². The number of hydrogen-bond donors (Lipinski definition) is 2. The van der Waals surface area contributed by atoms with Gasteiger partial charge in [0.1, 0.15) is 17.6 Å². The van der Waals surface area contributed by atoms with E-state index in [4.69, 9.17) is 21.4 Å². The lowest BCUT2D eigenvalue weighted by molar-refractivity contribution is 0.0347. The first kappa shape index (κ1) is 23.5. The number of nitrogens with zero attached hydrogens (tertiary/aromatic N) is 3. The molecule has 8 nitrogen and oxygen atoms in total. The number of aromatic carboxylic acids is 1. The number of aryl methyl sites for hydroxylation is 1. The number of pyridine rings is 1. The van der Waals surface area contributed by atoms with Crippen LogP contribution in [0.1, 0.15) is 39.5 Å². The van der Waals surface area contributed by atoms with Crippen molar-refractivity contribution in [1.29, 1.82) is 0 Å². The SMILES string of the molecule is Cc1cc(C(=O)O)ccc1-c1ccc([C@H]2[C@H](c3ccccn3)NC(=S)N2CCN2CCOCC2)o1. The monoisotopic (exact) mass is 492 g/mol. The summed E-state index contributed by atoms with van der Waals surface area (Å²) in [5, 5.41) is 13.4. The predicted molar refractivity (Wildman–Crippen MR) is 135 cm³/mol. The van der Waals surface area contributed by atoms with Crippen LogP contribution in [0.3, 0.4) is 0 Å². The minimum absolute atomic E-state index is 0.150. The third-order valence-electron chi connectivity index (χ3n) is 6.62. The number of benzene rings is 1. The van der Waals surface area contributed by atoms with Gasteiger partial charge in [0.2, 0.25) is 0 Å². The zero-order chi connectivity index (χ0) is 24.4. The fraction of sp³-hybridized carbons (Fsp3) is 0.346. The molecule has 2 aliphatic rings. The predicted octanol–water partition coefficient (Wildman–Crippen LogP) is 3.65. The summed E-state index contributed by atoms with van der Waals surface area (Å²) in [7, 11) is 0. The quantitative estimate of drug-likeness (QED) is 0.480. The van der Waals surface area contributed by atoms with E-state index in [1.165, 1.54) is 0 Å². The Morgan fingerprint density at radius 1 is 1.17 bits per heavy atom. The lowest BCUT2D eigenvalue weighted by atomic mass is 10.0. The van der Waals surface area contributed by atoms with Crippen molar-refractivity contribution in [3.63, 3.8) is 0 Å². The molecular formula is C26H28N4O4S. The van der Waals surface area contributed by atoms with Gasteiger partial charge in [0, 0.05) is 37.9 Å². The number of thiocarbonyl (C=S) groups is 1. The Kier molecular flexibility index (Phi) is 6.81. The molecule has 2 N–H and O–H groups in total. The third-order valence-corrected chi connectivity index (χ3v) is 6.97. The molecule has 2 atom stereocenters. The van der Waals surface area contributed by atoms with Crippen LogP contribution in [-0.2, 0) is 4.74 Å². The van der Waals surface area contributed by atoms with Crippen molar-refractivity contribution in [2.75, 3.05) is 39.4 Å². The van der Waals surface area contributed by atoms with Crippen LogP contribution in [0.25, 0.3) is 11.3 Å². The van der Waals surface area contributed by atoms with Crippen molar-refractivity contribution >= 4 is 23.3 Å². The first-order chi connectivity index (χ1) is 17.0. The van der Waals surface area contributed by atoms with Gasteiger partial charge in [-0.05, 0) is 61.1 Å². The van der Waals surface area contributed by atoms with Crippen LogP contribution >= 0.6 is 12.2 Å². The van der Waals surface area contributed by atoms with Crippen molar-refractivity contribution in [2.45, 2.75) is 19.0 Å². The number of hydrogen-bond acceptors (Lipinski definition) is 6. The number of nitrogens with one attached hydrogen (secondary N) is 1. The van der Waals surface area contributed by atoms with Gasteiger partial charge >= 0.3 is 5.97 Å². The maximum absolute atomic E-state index is 11.3. The molecule has 5 rings (SSSR count). The number of ether oxygens (including phenoxy) is 1. The van der Waals surface area contributed by atoms with Crippen molar-refractivity contribution in [2.24, 2.45) is 0 Å². The molecule has 2 aromatic heterocycles. The molecule has 0 aliphatic carbocycles.